The van der Waals surface area contributed by atoms with Crippen LogP contribution < -0.4 is 4.74 Å². The van der Waals surface area contributed by atoms with Crippen LogP contribution in [-0.2, 0) is 0 Å². The Morgan fingerprint density at radius 1 is 0.871 bits per heavy atom. The van der Waals surface area contributed by atoms with Gasteiger partial charge in [-0.25, -0.2) is 14.4 Å². The molecule has 31 heavy (non-hydrogen) atoms. The summed E-state index contributed by atoms with van der Waals surface area (Å²) in [6.07, 6.45) is 15.5. The zero-order chi connectivity index (χ0) is 22.8. The van der Waals surface area contributed by atoms with Gasteiger partial charge in [0, 0.05) is 0 Å². The predicted octanol–water partition coefficient (Wildman–Crippen LogP) is 6.81. The molecule has 1 aromatic carbocycles. The number of hydrogen-bond donors (Lipinski definition) is 2. The van der Waals surface area contributed by atoms with E-state index >= 15 is 0 Å². The Hall–Kier alpha value is -2.37. The lowest BCUT2D eigenvalue weighted by molar-refractivity contribution is 0.0604. The fourth-order valence-electron chi connectivity index (χ4n) is 4.42. The van der Waals surface area contributed by atoms with Crippen LogP contribution in [0.4, 0.5) is 0 Å². The highest BCUT2D eigenvalue weighted by Crippen LogP contribution is 2.43. The molecule has 6 nitrogen and oxygen atoms in total. The zero-order valence-corrected chi connectivity index (χ0v) is 18.9. The maximum atomic E-state index is 11.9. The minimum Gasteiger partial charge on any atom is -0.478 e. The number of ether oxygens (including phenoxy) is 1. The lowest BCUT2D eigenvalue weighted by Gasteiger charge is -2.28. The summed E-state index contributed by atoms with van der Waals surface area (Å²) in [6.45, 7) is 4.25. The van der Waals surface area contributed by atoms with Crippen LogP contribution in [0.15, 0.2) is 6.07 Å². The van der Waals surface area contributed by atoms with Crippen LogP contribution >= 0.6 is 0 Å². The van der Waals surface area contributed by atoms with E-state index in [1.54, 1.807) is 0 Å². The first-order valence-electron chi connectivity index (χ1n) is 11.8. The third-order valence-corrected chi connectivity index (χ3v) is 6.24. The lowest BCUT2D eigenvalue weighted by Crippen LogP contribution is -2.29. The van der Waals surface area contributed by atoms with Gasteiger partial charge in [0.25, 0.3) is 0 Å². The maximum Gasteiger partial charge on any atom is 0.348 e. The average Bonchev–Trinajstić information content (AvgIpc) is 2.73. The number of rotatable bonds is 16. The molecule has 0 bridgehead atoms. The molecule has 0 amide bonds. The molecule has 0 aliphatic carbocycles. The van der Waals surface area contributed by atoms with Gasteiger partial charge in [0.05, 0.1) is 11.1 Å². The number of carboxylic acids is 2. The van der Waals surface area contributed by atoms with Crippen molar-refractivity contribution in [1.82, 2.24) is 0 Å². The molecule has 6 heteroatoms. The molecule has 1 unspecified atom stereocenters. The first kappa shape index (κ1) is 24.9. The van der Waals surface area contributed by atoms with Crippen molar-refractivity contribution < 1.29 is 29.3 Å². The summed E-state index contributed by atoms with van der Waals surface area (Å²) in [5.74, 6) is -3.23. The number of aromatic carboxylic acids is 2. The van der Waals surface area contributed by atoms with Crippen LogP contribution in [0.25, 0.3) is 0 Å². The van der Waals surface area contributed by atoms with Gasteiger partial charge in [-0.15, -0.1) is 0 Å². The molecule has 172 valence electrons. The molecule has 0 fully saturated rings. The number of carboxylic acid groups (broad SMARTS) is 2. The summed E-state index contributed by atoms with van der Waals surface area (Å²) in [5.41, 5.74) is -0.256. The molecule has 1 aromatic rings. The number of esters is 1. The highest BCUT2D eigenvalue weighted by molar-refractivity contribution is 6.15. The smallest absolute Gasteiger partial charge is 0.348 e. The van der Waals surface area contributed by atoms with Gasteiger partial charge in [-0.1, -0.05) is 84.5 Å². The molecular weight excluding hydrogens is 396 g/mol. The van der Waals surface area contributed by atoms with Crippen LogP contribution in [0.3, 0.4) is 0 Å². The van der Waals surface area contributed by atoms with Crippen molar-refractivity contribution in [2.75, 3.05) is 0 Å². The van der Waals surface area contributed by atoms with E-state index in [9.17, 15) is 24.6 Å². The number of benzene rings is 1. The third-order valence-electron chi connectivity index (χ3n) is 6.24. The number of hydrogen-bond acceptors (Lipinski definition) is 4. The summed E-state index contributed by atoms with van der Waals surface area (Å²) >= 11 is 0. The Bertz CT molecular complexity index is 783. The highest BCUT2D eigenvalue weighted by atomic mass is 16.6. The quantitative estimate of drug-likeness (QED) is 0.220. The number of unbranched alkanes of at least 4 members (excludes halogenated alkanes) is 10. The van der Waals surface area contributed by atoms with Crippen LogP contribution in [0.5, 0.6) is 5.75 Å². The van der Waals surface area contributed by atoms with Crippen molar-refractivity contribution in [3.8, 4) is 5.75 Å². The molecule has 2 rings (SSSR count). The van der Waals surface area contributed by atoms with Crippen molar-refractivity contribution in [3.05, 3.63) is 28.3 Å². The van der Waals surface area contributed by atoms with Crippen molar-refractivity contribution in [2.45, 2.75) is 103 Å². The molecule has 0 saturated heterocycles. The van der Waals surface area contributed by atoms with Crippen LogP contribution in [0, 0.1) is 0 Å². The molecule has 0 aromatic heterocycles. The van der Waals surface area contributed by atoms with E-state index < -0.39 is 23.5 Å². The standard InChI is InChI=1S/C25H36O6/c1-3-5-6-7-8-9-10-11-12-13-14-15-17(4-2)18-16-19(23(26)27)20(24(28)29)21-22(18)31-25(21)30/h16-17H,3-15H2,1-2H3,(H,26,27)(H,28,29). The van der Waals surface area contributed by atoms with Gasteiger partial charge in [-0.05, 0) is 30.4 Å². The third kappa shape index (κ3) is 6.55. The van der Waals surface area contributed by atoms with Crippen LogP contribution in [-0.4, -0.2) is 28.1 Å². The molecule has 1 atom stereocenters. The van der Waals surface area contributed by atoms with Crippen LogP contribution in [0.1, 0.15) is 140 Å². The SMILES string of the molecule is CCCCCCCCCCCCCC(CC)c1cc(C(=O)O)c(C(=O)O)c2c1OC2=O. The van der Waals surface area contributed by atoms with E-state index in [0.717, 1.165) is 25.7 Å². The molecule has 0 radical (unpaired) electrons. The summed E-state index contributed by atoms with van der Waals surface area (Å²) < 4.78 is 5.14. The van der Waals surface area contributed by atoms with Gasteiger partial charge >= 0.3 is 17.9 Å². The van der Waals surface area contributed by atoms with E-state index in [0.29, 0.717) is 5.56 Å². The fourth-order valence-corrected chi connectivity index (χ4v) is 4.42. The Morgan fingerprint density at radius 3 is 1.87 bits per heavy atom. The van der Waals surface area contributed by atoms with Crippen molar-refractivity contribution in [1.29, 1.82) is 0 Å². The monoisotopic (exact) mass is 432 g/mol. The Kier molecular flexibility index (Phi) is 10.0. The molecule has 0 saturated carbocycles. The number of fused-ring (bicyclic) bond motifs is 1. The fraction of sp³-hybridized carbons (Fsp3) is 0.640. The lowest BCUT2D eigenvalue weighted by atomic mass is 9.84. The maximum absolute atomic E-state index is 11.9. The molecule has 2 N–H and O–H groups in total. The minimum absolute atomic E-state index is 0.0429. The Morgan fingerprint density at radius 2 is 1.42 bits per heavy atom. The summed E-state index contributed by atoms with van der Waals surface area (Å²) in [7, 11) is 0. The zero-order valence-electron chi connectivity index (χ0n) is 18.9. The second kappa shape index (κ2) is 12.5. The first-order valence-corrected chi connectivity index (χ1v) is 11.8. The van der Waals surface area contributed by atoms with Crippen molar-refractivity contribution in [3.63, 3.8) is 0 Å². The van der Waals surface area contributed by atoms with Gasteiger partial charge < -0.3 is 14.9 Å². The summed E-state index contributed by atoms with van der Waals surface area (Å²) in [4.78, 5) is 35.0. The normalized spacial score (nSPS) is 13.3. The second-order valence-corrected chi connectivity index (χ2v) is 8.52. The minimum atomic E-state index is -1.42. The van der Waals surface area contributed by atoms with Gasteiger partial charge in [0.1, 0.15) is 11.3 Å². The number of carbonyl (C=O) groups is 3. The topological polar surface area (TPSA) is 101 Å². The Balaban J connectivity index is 1.88. The van der Waals surface area contributed by atoms with Gasteiger partial charge in [0.2, 0.25) is 0 Å². The van der Waals surface area contributed by atoms with Gasteiger partial charge in [0.15, 0.2) is 0 Å². The number of carbonyl (C=O) groups excluding carboxylic acids is 1. The highest BCUT2D eigenvalue weighted by Gasteiger charge is 2.39. The first-order chi connectivity index (χ1) is 14.9. The van der Waals surface area contributed by atoms with Crippen molar-refractivity contribution >= 4 is 17.9 Å². The average molecular weight is 433 g/mol. The van der Waals surface area contributed by atoms with Crippen LogP contribution in [0.2, 0.25) is 0 Å². The molecule has 1 aliphatic heterocycles. The molecule has 1 heterocycles. The predicted molar refractivity (Wildman–Crippen MR) is 119 cm³/mol. The van der Waals surface area contributed by atoms with Gasteiger partial charge in [-0.3, -0.25) is 0 Å². The molecular formula is C25H36O6. The van der Waals surface area contributed by atoms with Gasteiger partial charge in [-0.2, -0.15) is 0 Å². The molecule has 1 aliphatic rings. The van der Waals surface area contributed by atoms with E-state index in [1.165, 1.54) is 63.9 Å². The van der Waals surface area contributed by atoms with E-state index in [4.69, 9.17) is 4.74 Å². The van der Waals surface area contributed by atoms with E-state index in [-0.39, 0.29) is 22.8 Å². The van der Waals surface area contributed by atoms with Crippen molar-refractivity contribution in [2.24, 2.45) is 0 Å². The Labute approximate surface area is 185 Å². The van der Waals surface area contributed by atoms with E-state index in [1.807, 2.05) is 6.92 Å². The largest absolute Gasteiger partial charge is 0.478 e. The van der Waals surface area contributed by atoms with E-state index in [2.05, 4.69) is 6.92 Å². The molecule has 0 spiro atoms. The summed E-state index contributed by atoms with van der Waals surface area (Å²) in [5, 5.41) is 18.9. The second-order valence-electron chi connectivity index (χ2n) is 8.52. The summed E-state index contributed by atoms with van der Waals surface area (Å²) in [6, 6.07) is 1.39.